The van der Waals surface area contributed by atoms with E-state index in [4.69, 9.17) is 14.3 Å². The largest absolute Gasteiger partial charge is 0.494 e. The summed E-state index contributed by atoms with van der Waals surface area (Å²) >= 11 is 0. The average Bonchev–Trinajstić information content (AvgIpc) is 3.41. The molecule has 3 atom stereocenters. The lowest BCUT2D eigenvalue weighted by Gasteiger charge is -2.28. The molecule has 0 saturated carbocycles. The van der Waals surface area contributed by atoms with Crippen molar-refractivity contribution in [2.75, 3.05) is 23.7 Å². The molecule has 2 aliphatic rings. The van der Waals surface area contributed by atoms with Crippen LogP contribution in [0.5, 0.6) is 5.75 Å². The van der Waals surface area contributed by atoms with Gasteiger partial charge in [-0.3, -0.25) is 14.4 Å². The van der Waals surface area contributed by atoms with Crippen LogP contribution >= 0.6 is 0 Å². The minimum absolute atomic E-state index is 0.343. The zero-order valence-corrected chi connectivity index (χ0v) is 19.3. The molecule has 8 nitrogen and oxygen atoms in total. The van der Waals surface area contributed by atoms with Crippen molar-refractivity contribution in [2.24, 2.45) is 5.92 Å². The molecule has 0 N–H and O–H groups in total. The van der Waals surface area contributed by atoms with Crippen molar-refractivity contribution in [2.45, 2.75) is 19.1 Å². The van der Waals surface area contributed by atoms with Gasteiger partial charge in [0.15, 0.2) is 6.10 Å². The maximum absolute atomic E-state index is 13.7. The molecule has 5 rings (SSSR count). The lowest BCUT2D eigenvalue weighted by molar-refractivity contribution is -0.126. The van der Waals surface area contributed by atoms with Crippen LogP contribution in [0.4, 0.5) is 11.4 Å². The summed E-state index contributed by atoms with van der Waals surface area (Å²) in [5.41, 5.74) is 2.32. The van der Waals surface area contributed by atoms with Crippen molar-refractivity contribution in [1.29, 1.82) is 0 Å². The van der Waals surface area contributed by atoms with Crippen molar-refractivity contribution < 1.29 is 28.7 Å². The van der Waals surface area contributed by atoms with Gasteiger partial charge in [0, 0.05) is 0 Å². The molecule has 8 heteroatoms. The van der Waals surface area contributed by atoms with Gasteiger partial charge in [-0.2, -0.15) is 0 Å². The first kappa shape index (κ1) is 22.6. The highest BCUT2D eigenvalue weighted by atomic mass is 16.7. The van der Waals surface area contributed by atoms with Crippen LogP contribution in [0.2, 0.25) is 0 Å². The number of benzene rings is 3. The number of para-hydroxylation sites is 1. The highest BCUT2D eigenvalue weighted by molar-refractivity contribution is 6.24. The third-order valence-corrected chi connectivity index (χ3v) is 6.21. The first-order valence-electron chi connectivity index (χ1n) is 11.3. The lowest BCUT2D eigenvalue weighted by atomic mass is 9.90. The van der Waals surface area contributed by atoms with Crippen LogP contribution in [0.25, 0.3) is 0 Å². The van der Waals surface area contributed by atoms with E-state index >= 15 is 0 Å². The smallest absolute Gasteiger partial charge is 0.337 e. The number of hydroxylamine groups is 1. The minimum atomic E-state index is -0.973. The molecule has 0 radical (unpaired) electrons. The number of amides is 2. The molecule has 0 spiro atoms. The summed E-state index contributed by atoms with van der Waals surface area (Å²) in [4.78, 5) is 46.3. The van der Waals surface area contributed by atoms with Crippen molar-refractivity contribution >= 4 is 29.2 Å². The van der Waals surface area contributed by atoms with Crippen molar-refractivity contribution in [3.05, 3.63) is 90.0 Å². The molecule has 2 aliphatic heterocycles. The maximum Gasteiger partial charge on any atom is 0.337 e. The van der Waals surface area contributed by atoms with Crippen LogP contribution in [0.1, 0.15) is 28.9 Å². The summed E-state index contributed by atoms with van der Waals surface area (Å²) in [6.07, 6.45) is -0.973. The number of carbonyl (C=O) groups is 3. The second-order valence-electron chi connectivity index (χ2n) is 8.21. The number of anilines is 2. The maximum atomic E-state index is 13.7. The number of carbonyl (C=O) groups excluding carboxylic acids is 3. The van der Waals surface area contributed by atoms with Crippen molar-refractivity contribution in [3.63, 3.8) is 0 Å². The molecular weight excluding hydrogens is 448 g/mol. The number of methoxy groups -OCH3 is 1. The molecule has 0 bridgehead atoms. The molecule has 0 unspecified atom stereocenters. The number of fused-ring (bicyclic) bond motifs is 1. The van der Waals surface area contributed by atoms with E-state index in [1.807, 2.05) is 37.3 Å². The number of hydrogen-bond donors (Lipinski definition) is 0. The van der Waals surface area contributed by atoms with E-state index in [0.717, 1.165) is 11.3 Å². The Hall–Kier alpha value is -4.17. The zero-order chi connectivity index (χ0) is 24.5. The summed E-state index contributed by atoms with van der Waals surface area (Å²) in [6, 6.07) is 22.4. The fourth-order valence-corrected chi connectivity index (χ4v) is 4.60. The molecule has 3 aromatic rings. The third kappa shape index (κ3) is 3.91. The molecule has 2 amide bonds. The van der Waals surface area contributed by atoms with Crippen molar-refractivity contribution in [1.82, 2.24) is 0 Å². The minimum Gasteiger partial charge on any atom is -0.494 e. The van der Waals surface area contributed by atoms with Crippen LogP contribution in [-0.4, -0.2) is 37.6 Å². The van der Waals surface area contributed by atoms with Gasteiger partial charge in [-0.15, -0.1) is 0 Å². The number of imide groups is 1. The molecule has 3 aromatic carbocycles. The normalized spacial score (nSPS) is 21.3. The fourth-order valence-electron chi connectivity index (χ4n) is 4.60. The van der Waals surface area contributed by atoms with E-state index in [2.05, 4.69) is 0 Å². The third-order valence-electron chi connectivity index (χ3n) is 6.21. The fraction of sp³-hybridized carbons (Fsp3) is 0.222. The number of esters is 1. The Kier molecular flexibility index (Phi) is 5.96. The molecule has 0 aliphatic carbocycles. The van der Waals surface area contributed by atoms with E-state index in [0.29, 0.717) is 23.6 Å². The average molecular weight is 472 g/mol. The Bertz CT molecular complexity index is 1240. The van der Waals surface area contributed by atoms with E-state index < -0.39 is 29.9 Å². The summed E-state index contributed by atoms with van der Waals surface area (Å²) < 4.78 is 10.3. The van der Waals surface area contributed by atoms with E-state index in [-0.39, 0.29) is 5.91 Å². The van der Waals surface area contributed by atoms with E-state index in [1.165, 1.54) is 12.0 Å². The Labute approximate surface area is 202 Å². The predicted octanol–water partition coefficient (Wildman–Crippen LogP) is 3.92. The standard InChI is InChI=1S/C27H24N2O6/c1-3-34-21-15-13-19(14-16-21)28-25(30)22-23(17-9-11-18(12-10-17)27(32)33-2)29(35-24(22)26(28)31)20-7-5-4-6-8-20/h4-16,22-24H,3H2,1-2H3/t22-,23+,24-/m0/s1. The first-order valence-corrected chi connectivity index (χ1v) is 11.3. The molecule has 178 valence electrons. The van der Waals surface area contributed by atoms with Gasteiger partial charge in [-0.25, -0.2) is 14.8 Å². The quantitative estimate of drug-likeness (QED) is 0.397. The molecule has 2 fully saturated rings. The SMILES string of the molecule is CCOc1ccc(N2C(=O)[C@@H]3[C@H](ON(c4ccccc4)[C@@H]3c3ccc(C(=O)OC)cc3)C2=O)cc1. The van der Waals surface area contributed by atoms with Gasteiger partial charge in [0.25, 0.3) is 5.91 Å². The van der Waals surface area contributed by atoms with Gasteiger partial charge >= 0.3 is 5.97 Å². The summed E-state index contributed by atoms with van der Waals surface area (Å²) in [6.45, 7) is 2.40. The Morgan fingerprint density at radius 3 is 2.20 bits per heavy atom. The molecule has 35 heavy (non-hydrogen) atoms. The summed E-state index contributed by atoms with van der Waals surface area (Å²) in [7, 11) is 1.32. The number of rotatable bonds is 6. The van der Waals surface area contributed by atoms with Gasteiger partial charge in [0.05, 0.1) is 36.7 Å². The lowest BCUT2D eigenvalue weighted by Crippen LogP contribution is -2.37. The Morgan fingerprint density at radius 2 is 1.57 bits per heavy atom. The molecule has 2 saturated heterocycles. The van der Waals surface area contributed by atoms with Gasteiger partial charge in [0.1, 0.15) is 11.7 Å². The zero-order valence-electron chi connectivity index (χ0n) is 19.3. The van der Waals surface area contributed by atoms with Crippen LogP contribution in [-0.2, 0) is 19.2 Å². The summed E-state index contributed by atoms with van der Waals surface area (Å²) in [5, 5.41) is 1.62. The van der Waals surface area contributed by atoms with Crippen molar-refractivity contribution in [3.8, 4) is 5.75 Å². The highest BCUT2D eigenvalue weighted by Gasteiger charge is 2.60. The van der Waals surface area contributed by atoms with Gasteiger partial charge in [0.2, 0.25) is 5.91 Å². The van der Waals surface area contributed by atoms with Crippen LogP contribution in [0, 0.1) is 5.92 Å². The number of ether oxygens (including phenoxy) is 2. The van der Waals surface area contributed by atoms with E-state index in [9.17, 15) is 14.4 Å². The van der Waals surface area contributed by atoms with Crippen LogP contribution in [0.15, 0.2) is 78.9 Å². The number of hydrogen-bond acceptors (Lipinski definition) is 7. The summed E-state index contributed by atoms with van der Waals surface area (Å²) in [5.74, 6) is -1.32. The molecular formula is C27H24N2O6. The molecule has 0 aromatic heterocycles. The highest BCUT2D eigenvalue weighted by Crippen LogP contribution is 2.47. The monoisotopic (exact) mass is 472 g/mol. The predicted molar refractivity (Wildman–Crippen MR) is 128 cm³/mol. The second-order valence-corrected chi connectivity index (χ2v) is 8.21. The number of nitrogens with zero attached hydrogens (tertiary/aromatic N) is 2. The Balaban J connectivity index is 1.52. The van der Waals surface area contributed by atoms with Gasteiger partial charge in [-0.1, -0.05) is 30.3 Å². The van der Waals surface area contributed by atoms with E-state index in [1.54, 1.807) is 53.6 Å². The van der Waals surface area contributed by atoms with Crippen LogP contribution < -0.4 is 14.7 Å². The molecule has 2 heterocycles. The second kappa shape index (κ2) is 9.23. The van der Waals surface area contributed by atoms with Gasteiger partial charge in [-0.05, 0) is 61.0 Å². The van der Waals surface area contributed by atoms with Gasteiger partial charge < -0.3 is 9.47 Å². The topological polar surface area (TPSA) is 85.4 Å². The van der Waals surface area contributed by atoms with Crippen LogP contribution in [0.3, 0.4) is 0 Å². The first-order chi connectivity index (χ1) is 17.0. The Morgan fingerprint density at radius 1 is 0.886 bits per heavy atom.